The molecular weight excluding hydrogens is 360 g/mol. The third-order valence-corrected chi connectivity index (χ3v) is 5.98. The number of nitrogens with zero attached hydrogens (tertiary/aromatic N) is 3. The SMILES string of the molecule is N#CC1(c2ccccc2)CCN(CCCCCOc2nc3ccccc3[nH]2)CC1. The molecule has 2 aromatic carbocycles. The number of imidazole rings is 1. The van der Waals surface area contributed by atoms with Crippen LogP contribution in [-0.4, -0.2) is 41.1 Å². The summed E-state index contributed by atoms with van der Waals surface area (Å²) < 4.78 is 5.76. The second-order valence-electron chi connectivity index (χ2n) is 7.87. The van der Waals surface area contributed by atoms with Crippen LogP contribution in [0.15, 0.2) is 54.6 Å². The van der Waals surface area contributed by atoms with Crippen LogP contribution in [0.5, 0.6) is 6.01 Å². The molecule has 5 nitrogen and oxygen atoms in total. The van der Waals surface area contributed by atoms with Crippen molar-refractivity contribution in [2.24, 2.45) is 0 Å². The molecule has 1 N–H and O–H groups in total. The lowest BCUT2D eigenvalue weighted by Gasteiger charge is -2.37. The second kappa shape index (κ2) is 9.11. The van der Waals surface area contributed by atoms with E-state index in [9.17, 15) is 5.26 Å². The normalized spacial score (nSPS) is 16.5. The lowest BCUT2D eigenvalue weighted by Crippen LogP contribution is -2.42. The molecule has 0 unspecified atom stereocenters. The molecule has 0 amide bonds. The van der Waals surface area contributed by atoms with Crippen molar-refractivity contribution in [3.63, 3.8) is 0 Å². The Kier molecular flexibility index (Phi) is 6.12. The van der Waals surface area contributed by atoms with Gasteiger partial charge in [-0.05, 0) is 69.4 Å². The second-order valence-corrected chi connectivity index (χ2v) is 7.87. The minimum absolute atomic E-state index is 0.307. The third kappa shape index (κ3) is 4.60. The Bertz CT molecular complexity index is 919. The summed E-state index contributed by atoms with van der Waals surface area (Å²) in [5.74, 6) is 0. The van der Waals surface area contributed by atoms with E-state index in [1.54, 1.807) is 0 Å². The molecule has 4 rings (SSSR count). The van der Waals surface area contributed by atoms with Crippen LogP contribution in [0.3, 0.4) is 0 Å². The molecule has 3 aromatic rings. The van der Waals surface area contributed by atoms with Crippen molar-refractivity contribution < 1.29 is 4.74 Å². The van der Waals surface area contributed by atoms with Gasteiger partial charge in [0, 0.05) is 0 Å². The van der Waals surface area contributed by atoms with Crippen LogP contribution in [0.4, 0.5) is 0 Å². The number of hydrogen-bond acceptors (Lipinski definition) is 4. The molecule has 5 heteroatoms. The summed E-state index contributed by atoms with van der Waals surface area (Å²) in [5, 5.41) is 9.80. The number of nitriles is 1. The Morgan fingerprint density at radius 2 is 1.76 bits per heavy atom. The standard InChI is InChI=1S/C24H28N4O/c25-19-24(20-9-3-1-4-10-20)13-16-28(17-14-24)15-7-2-8-18-29-23-26-21-11-5-6-12-22(21)27-23/h1,3-6,9-12H,2,7-8,13-18H2,(H,26,27). The van der Waals surface area contributed by atoms with E-state index < -0.39 is 0 Å². The summed E-state index contributed by atoms with van der Waals surface area (Å²) in [6, 6.07) is 21.5. The quantitative estimate of drug-likeness (QED) is 0.570. The number of rotatable bonds is 8. The zero-order chi connectivity index (χ0) is 19.9. The fraction of sp³-hybridized carbons (Fsp3) is 0.417. The Morgan fingerprint density at radius 1 is 1.00 bits per heavy atom. The first kappa shape index (κ1) is 19.5. The molecule has 0 aliphatic carbocycles. The van der Waals surface area contributed by atoms with Crippen molar-refractivity contribution in [2.75, 3.05) is 26.2 Å². The number of fused-ring (bicyclic) bond motifs is 1. The molecule has 29 heavy (non-hydrogen) atoms. The lowest BCUT2D eigenvalue weighted by atomic mass is 9.74. The molecule has 0 spiro atoms. The molecule has 0 bridgehead atoms. The molecule has 0 radical (unpaired) electrons. The van der Waals surface area contributed by atoms with E-state index in [1.807, 2.05) is 42.5 Å². The van der Waals surface area contributed by atoms with Gasteiger partial charge in [0.1, 0.15) is 0 Å². The maximum atomic E-state index is 9.80. The summed E-state index contributed by atoms with van der Waals surface area (Å²) in [4.78, 5) is 10.1. The van der Waals surface area contributed by atoms with Gasteiger partial charge in [0.2, 0.25) is 0 Å². The largest absolute Gasteiger partial charge is 0.465 e. The monoisotopic (exact) mass is 388 g/mol. The van der Waals surface area contributed by atoms with Crippen LogP contribution in [0.1, 0.15) is 37.7 Å². The van der Waals surface area contributed by atoms with Gasteiger partial charge in [-0.25, -0.2) is 0 Å². The van der Waals surface area contributed by atoms with Crippen LogP contribution >= 0.6 is 0 Å². The number of aromatic amines is 1. The van der Waals surface area contributed by atoms with Crippen molar-refractivity contribution in [1.82, 2.24) is 14.9 Å². The number of benzene rings is 2. The first-order chi connectivity index (χ1) is 14.3. The van der Waals surface area contributed by atoms with Gasteiger partial charge < -0.3 is 14.6 Å². The summed E-state index contributed by atoms with van der Waals surface area (Å²) in [7, 11) is 0. The smallest absolute Gasteiger partial charge is 0.294 e. The van der Waals surface area contributed by atoms with E-state index in [4.69, 9.17) is 4.74 Å². The topological polar surface area (TPSA) is 64.9 Å². The Hall–Kier alpha value is -2.84. The predicted octanol–water partition coefficient (Wildman–Crippen LogP) is 4.67. The van der Waals surface area contributed by atoms with Crippen LogP contribution in [0.25, 0.3) is 11.0 Å². The van der Waals surface area contributed by atoms with Gasteiger partial charge in [-0.15, -0.1) is 0 Å². The van der Waals surface area contributed by atoms with E-state index in [0.29, 0.717) is 12.6 Å². The maximum absolute atomic E-state index is 9.80. The molecular formula is C24H28N4O. The van der Waals surface area contributed by atoms with Gasteiger partial charge in [0.25, 0.3) is 6.01 Å². The van der Waals surface area contributed by atoms with Gasteiger partial charge in [-0.3, -0.25) is 0 Å². The Morgan fingerprint density at radius 3 is 2.52 bits per heavy atom. The number of para-hydroxylation sites is 2. The van der Waals surface area contributed by atoms with E-state index in [2.05, 4.69) is 33.1 Å². The van der Waals surface area contributed by atoms with E-state index in [-0.39, 0.29) is 5.41 Å². The van der Waals surface area contributed by atoms with Gasteiger partial charge in [-0.2, -0.15) is 10.2 Å². The third-order valence-electron chi connectivity index (χ3n) is 5.98. The van der Waals surface area contributed by atoms with Crippen molar-refractivity contribution in [3.05, 3.63) is 60.2 Å². The minimum Gasteiger partial charge on any atom is -0.465 e. The van der Waals surface area contributed by atoms with Crippen LogP contribution in [0, 0.1) is 11.3 Å². The zero-order valence-corrected chi connectivity index (χ0v) is 16.8. The van der Waals surface area contributed by atoms with Gasteiger partial charge >= 0.3 is 0 Å². The van der Waals surface area contributed by atoms with Gasteiger partial charge in [0.15, 0.2) is 0 Å². The number of nitrogens with one attached hydrogen (secondary N) is 1. The highest BCUT2D eigenvalue weighted by atomic mass is 16.5. The van der Waals surface area contributed by atoms with Gasteiger partial charge in [-0.1, -0.05) is 42.5 Å². The molecule has 1 fully saturated rings. The minimum atomic E-state index is -0.307. The first-order valence-electron chi connectivity index (χ1n) is 10.6. The fourth-order valence-corrected chi connectivity index (χ4v) is 4.16. The molecule has 1 saturated heterocycles. The van der Waals surface area contributed by atoms with E-state index in [1.165, 1.54) is 5.56 Å². The Balaban J connectivity index is 1.14. The number of likely N-dealkylation sites (tertiary alicyclic amines) is 1. The fourth-order valence-electron chi connectivity index (χ4n) is 4.16. The molecule has 1 aliphatic rings. The van der Waals surface area contributed by atoms with Crippen LogP contribution in [-0.2, 0) is 5.41 Å². The van der Waals surface area contributed by atoms with Crippen molar-refractivity contribution >= 4 is 11.0 Å². The molecule has 0 saturated carbocycles. The number of unbranched alkanes of at least 4 members (excludes halogenated alkanes) is 2. The van der Waals surface area contributed by atoms with Gasteiger partial charge in [0.05, 0.1) is 29.1 Å². The van der Waals surface area contributed by atoms with Crippen LogP contribution in [0.2, 0.25) is 0 Å². The molecule has 1 aliphatic heterocycles. The summed E-state index contributed by atoms with van der Waals surface area (Å²) in [5.41, 5.74) is 2.82. The lowest BCUT2D eigenvalue weighted by molar-refractivity contribution is 0.181. The number of aromatic nitrogens is 2. The van der Waals surface area contributed by atoms with Crippen molar-refractivity contribution in [1.29, 1.82) is 5.26 Å². The number of H-pyrrole nitrogens is 1. The predicted molar refractivity (Wildman–Crippen MR) is 115 cm³/mol. The average molecular weight is 389 g/mol. The summed E-state index contributed by atoms with van der Waals surface area (Å²) >= 11 is 0. The van der Waals surface area contributed by atoms with E-state index >= 15 is 0 Å². The van der Waals surface area contributed by atoms with Crippen molar-refractivity contribution in [3.8, 4) is 12.1 Å². The highest BCUT2D eigenvalue weighted by Crippen LogP contribution is 2.34. The van der Waals surface area contributed by atoms with Crippen molar-refractivity contribution in [2.45, 2.75) is 37.5 Å². The summed E-state index contributed by atoms with van der Waals surface area (Å²) in [6.45, 7) is 3.78. The average Bonchev–Trinajstić information content (AvgIpc) is 3.20. The number of piperidine rings is 1. The zero-order valence-electron chi connectivity index (χ0n) is 16.8. The number of ether oxygens (including phenoxy) is 1. The number of hydrogen-bond donors (Lipinski definition) is 1. The van der Waals surface area contributed by atoms with Crippen LogP contribution < -0.4 is 4.74 Å². The first-order valence-corrected chi connectivity index (χ1v) is 10.6. The molecule has 0 atom stereocenters. The molecule has 1 aromatic heterocycles. The molecule has 2 heterocycles. The highest BCUT2D eigenvalue weighted by molar-refractivity contribution is 5.75. The van der Waals surface area contributed by atoms with E-state index in [0.717, 1.165) is 62.8 Å². The summed E-state index contributed by atoms with van der Waals surface area (Å²) in [6.07, 6.45) is 5.16. The Labute approximate surface area is 172 Å². The molecule has 150 valence electrons. The maximum Gasteiger partial charge on any atom is 0.294 e. The highest BCUT2D eigenvalue weighted by Gasteiger charge is 2.36.